The lowest BCUT2D eigenvalue weighted by Gasteiger charge is -2.27. The molecule has 0 unspecified atom stereocenters. The highest BCUT2D eigenvalue weighted by molar-refractivity contribution is 9.10. The topological polar surface area (TPSA) is 30.5 Å². The fraction of sp³-hybridized carbons (Fsp3) is 0.133. The lowest BCUT2D eigenvalue weighted by atomic mass is 9.94. The number of fused-ring (bicyclic) bond motifs is 1. The van der Waals surface area contributed by atoms with E-state index in [1.807, 2.05) is 24.3 Å². The maximum absolute atomic E-state index is 6.55. The van der Waals surface area contributed by atoms with Gasteiger partial charge in [0.05, 0.1) is 4.88 Å². The van der Waals surface area contributed by atoms with Crippen molar-refractivity contribution < 1.29 is 9.47 Å². The first-order chi connectivity index (χ1) is 17.2. The van der Waals surface area contributed by atoms with E-state index in [4.69, 9.17) is 9.47 Å². The van der Waals surface area contributed by atoms with E-state index in [2.05, 4.69) is 94.0 Å². The first kappa shape index (κ1) is 22.4. The molecule has 1 aliphatic heterocycles. The lowest BCUT2D eigenvalue weighted by molar-refractivity contribution is 0.306. The van der Waals surface area contributed by atoms with Gasteiger partial charge in [0.25, 0.3) is 0 Å². The molecule has 0 radical (unpaired) electrons. The van der Waals surface area contributed by atoms with Gasteiger partial charge in [0.1, 0.15) is 18.1 Å². The smallest absolute Gasteiger partial charge is 0.153 e. The fourth-order valence-electron chi connectivity index (χ4n) is 4.23. The van der Waals surface area contributed by atoms with Crippen molar-refractivity contribution in [3.05, 3.63) is 113 Å². The Labute approximate surface area is 217 Å². The van der Waals surface area contributed by atoms with Gasteiger partial charge in [0.2, 0.25) is 0 Å². The molecule has 1 saturated heterocycles. The summed E-state index contributed by atoms with van der Waals surface area (Å²) in [5.41, 5.74) is 3.65. The van der Waals surface area contributed by atoms with Crippen LogP contribution in [0.3, 0.4) is 0 Å². The molecule has 1 aliphatic rings. The molecule has 0 aliphatic carbocycles. The normalized spacial score (nSPS) is 13.5. The van der Waals surface area contributed by atoms with Gasteiger partial charge >= 0.3 is 0 Å². The van der Waals surface area contributed by atoms with Crippen molar-refractivity contribution in [3.8, 4) is 27.7 Å². The first-order valence-corrected chi connectivity index (χ1v) is 13.3. The van der Waals surface area contributed by atoms with Gasteiger partial charge in [-0.15, -0.1) is 11.3 Å². The van der Waals surface area contributed by atoms with E-state index in [0.717, 1.165) is 60.9 Å². The minimum atomic E-state index is 0.545. The summed E-state index contributed by atoms with van der Waals surface area (Å²) in [5, 5.41) is 4.43. The van der Waals surface area contributed by atoms with Gasteiger partial charge in [-0.1, -0.05) is 70.5 Å². The molecule has 4 aromatic carbocycles. The van der Waals surface area contributed by atoms with Crippen molar-refractivity contribution in [2.45, 2.75) is 12.5 Å². The zero-order chi connectivity index (χ0) is 23.6. The Balaban J connectivity index is 1.33. The Morgan fingerprint density at radius 2 is 1.57 bits per heavy atom. The third-order valence-corrected chi connectivity index (χ3v) is 8.04. The van der Waals surface area contributed by atoms with Gasteiger partial charge < -0.3 is 14.8 Å². The van der Waals surface area contributed by atoms with Crippen LogP contribution in [-0.2, 0) is 6.61 Å². The molecular weight excluding hydrogens is 518 g/mol. The molecule has 1 fully saturated rings. The van der Waals surface area contributed by atoms with Crippen LogP contribution in [0.4, 0.5) is 0 Å². The molecule has 5 aromatic rings. The Morgan fingerprint density at radius 3 is 2.29 bits per heavy atom. The van der Waals surface area contributed by atoms with Gasteiger partial charge in [-0.05, 0) is 59.2 Å². The van der Waals surface area contributed by atoms with Crippen LogP contribution in [0.2, 0.25) is 0 Å². The summed E-state index contributed by atoms with van der Waals surface area (Å²) < 4.78 is 14.8. The zero-order valence-electron chi connectivity index (χ0n) is 19.0. The Bertz CT molecular complexity index is 1440. The summed E-state index contributed by atoms with van der Waals surface area (Å²) in [4.78, 5) is 1.11. The molecule has 2 heterocycles. The molecule has 3 nitrogen and oxygen atoms in total. The number of thiophene rings is 1. The molecule has 0 bridgehead atoms. The Kier molecular flexibility index (Phi) is 6.30. The molecule has 174 valence electrons. The molecule has 5 heteroatoms. The highest BCUT2D eigenvalue weighted by atomic mass is 79.9. The SMILES string of the molecule is Brc1ccc(-c2sc3cc(OCc4ccccc4)ccc3c2Oc2ccc(C3CNC3)cc2)cc1. The van der Waals surface area contributed by atoms with Crippen molar-refractivity contribution in [2.75, 3.05) is 13.1 Å². The molecule has 35 heavy (non-hydrogen) atoms. The molecule has 0 atom stereocenters. The number of hydrogen-bond acceptors (Lipinski definition) is 4. The zero-order valence-corrected chi connectivity index (χ0v) is 21.4. The summed E-state index contributed by atoms with van der Waals surface area (Å²) in [7, 11) is 0. The van der Waals surface area contributed by atoms with Crippen molar-refractivity contribution in [2.24, 2.45) is 0 Å². The largest absolute Gasteiger partial charge is 0.489 e. The van der Waals surface area contributed by atoms with Crippen molar-refractivity contribution >= 4 is 37.4 Å². The predicted molar refractivity (Wildman–Crippen MR) is 148 cm³/mol. The van der Waals surface area contributed by atoms with E-state index >= 15 is 0 Å². The van der Waals surface area contributed by atoms with Gasteiger partial charge in [-0.2, -0.15) is 0 Å². The summed E-state index contributed by atoms with van der Waals surface area (Å²) >= 11 is 5.28. The van der Waals surface area contributed by atoms with Crippen LogP contribution in [0.15, 0.2) is 102 Å². The van der Waals surface area contributed by atoms with E-state index in [0.29, 0.717) is 12.5 Å². The van der Waals surface area contributed by atoms with Crippen LogP contribution >= 0.6 is 27.3 Å². The summed E-state index contributed by atoms with van der Waals surface area (Å²) in [6, 6.07) is 33.4. The van der Waals surface area contributed by atoms with Crippen LogP contribution in [0.5, 0.6) is 17.2 Å². The lowest BCUT2D eigenvalue weighted by Crippen LogP contribution is -2.39. The fourth-order valence-corrected chi connectivity index (χ4v) is 5.66. The van der Waals surface area contributed by atoms with Crippen LogP contribution in [0.1, 0.15) is 17.0 Å². The standard InChI is InChI=1S/C30H24BrNO2S/c31-24-10-6-22(7-11-24)30-29(34-25-12-8-21(9-13-25)23-17-32-18-23)27-15-14-26(16-28(27)35-30)33-19-20-4-2-1-3-5-20/h1-16,23,32H,17-19H2. The van der Waals surface area contributed by atoms with Crippen LogP contribution in [0.25, 0.3) is 20.5 Å². The second kappa shape index (κ2) is 9.86. The maximum atomic E-state index is 6.55. The Morgan fingerprint density at radius 1 is 0.829 bits per heavy atom. The van der Waals surface area contributed by atoms with E-state index in [1.54, 1.807) is 11.3 Å². The van der Waals surface area contributed by atoms with Gasteiger partial charge in [-0.3, -0.25) is 0 Å². The van der Waals surface area contributed by atoms with Crippen molar-refractivity contribution in [3.63, 3.8) is 0 Å². The number of nitrogens with one attached hydrogen (secondary N) is 1. The van der Waals surface area contributed by atoms with Crippen molar-refractivity contribution in [1.29, 1.82) is 0 Å². The minimum absolute atomic E-state index is 0.545. The molecule has 1 aromatic heterocycles. The highest BCUT2D eigenvalue weighted by Gasteiger charge is 2.20. The average Bonchev–Trinajstić information content (AvgIpc) is 3.21. The molecule has 0 saturated carbocycles. The van der Waals surface area contributed by atoms with Crippen LogP contribution in [0, 0.1) is 0 Å². The molecular formula is C30H24BrNO2S. The maximum Gasteiger partial charge on any atom is 0.153 e. The van der Waals surface area contributed by atoms with E-state index < -0.39 is 0 Å². The third-order valence-electron chi connectivity index (χ3n) is 6.32. The van der Waals surface area contributed by atoms with Crippen molar-refractivity contribution in [1.82, 2.24) is 5.32 Å². The van der Waals surface area contributed by atoms with Gasteiger partial charge in [0, 0.05) is 33.6 Å². The number of hydrogen-bond donors (Lipinski definition) is 1. The molecule has 0 spiro atoms. The first-order valence-electron chi connectivity index (χ1n) is 11.7. The summed E-state index contributed by atoms with van der Waals surface area (Å²) in [6.45, 7) is 2.65. The van der Waals surface area contributed by atoms with Crippen LogP contribution in [-0.4, -0.2) is 13.1 Å². The summed E-state index contributed by atoms with van der Waals surface area (Å²) in [6.07, 6.45) is 0. The van der Waals surface area contributed by atoms with Crippen LogP contribution < -0.4 is 14.8 Å². The quantitative estimate of drug-likeness (QED) is 0.224. The second-order valence-corrected chi connectivity index (χ2v) is 10.7. The number of benzene rings is 4. The van der Waals surface area contributed by atoms with E-state index in [9.17, 15) is 0 Å². The number of ether oxygens (including phenoxy) is 2. The van der Waals surface area contributed by atoms with Gasteiger partial charge in [0.15, 0.2) is 5.75 Å². The number of rotatable bonds is 7. The monoisotopic (exact) mass is 541 g/mol. The second-order valence-electron chi connectivity index (χ2n) is 8.73. The van der Waals surface area contributed by atoms with E-state index in [1.165, 1.54) is 5.56 Å². The predicted octanol–water partition coefficient (Wildman–Crippen LogP) is 8.39. The highest BCUT2D eigenvalue weighted by Crippen LogP contribution is 2.47. The average molecular weight is 542 g/mol. The van der Waals surface area contributed by atoms with E-state index in [-0.39, 0.29) is 0 Å². The molecule has 6 rings (SSSR count). The van der Waals surface area contributed by atoms with Gasteiger partial charge in [-0.25, -0.2) is 0 Å². The molecule has 1 N–H and O–H groups in total. The Hall–Kier alpha value is -3.12. The molecule has 0 amide bonds. The minimum Gasteiger partial charge on any atom is -0.489 e. The third kappa shape index (κ3) is 4.85. The number of halogens is 1. The summed E-state index contributed by atoms with van der Waals surface area (Å²) in [5.74, 6) is 3.21.